The van der Waals surface area contributed by atoms with Gasteiger partial charge < -0.3 is 15.2 Å². The number of hydrogen-bond acceptors (Lipinski definition) is 7. The van der Waals surface area contributed by atoms with E-state index in [9.17, 15) is 4.79 Å². The molecule has 2 aromatic rings. The van der Waals surface area contributed by atoms with Crippen molar-refractivity contribution in [1.29, 1.82) is 0 Å². The van der Waals surface area contributed by atoms with Crippen LogP contribution in [-0.4, -0.2) is 22.9 Å². The van der Waals surface area contributed by atoms with Crippen LogP contribution in [0.25, 0.3) is 0 Å². The standard InChI is InChI=1S/C12H13N3O4/c1-8-11(15-19-14-8)6-18-12(16)7-17-10-4-2-9(13)3-5-10/h2-5H,6-7,13H2,1H3. The van der Waals surface area contributed by atoms with Crippen molar-refractivity contribution in [2.24, 2.45) is 0 Å². The first-order valence-electron chi connectivity index (χ1n) is 5.57. The molecule has 0 saturated heterocycles. The summed E-state index contributed by atoms with van der Waals surface area (Å²) in [5.41, 5.74) is 7.24. The number of hydrogen-bond donors (Lipinski definition) is 1. The minimum atomic E-state index is -0.501. The highest BCUT2D eigenvalue weighted by atomic mass is 16.6. The second-order valence-electron chi connectivity index (χ2n) is 3.81. The smallest absolute Gasteiger partial charge is 0.344 e. The van der Waals surface area contributed by atoms with Crippen molar-refractivity contribution in [3.63, 3.8) is 0 Å². The van der Waals surface area contributed by atoms with Gasteiger partial charge in [-0.15, -0.1) is 0 Å². The normalized spacial score (nSPS) is 10.2. The van der Waals surface area contributed by atoms with Crippen LogP contribution in [0.4, 0.5) is 5.69 Å². The van der Waals surface area contributed by atoms with E-state index >= 15 is 0 Å². The molecule has 1 aromatic heterocycles. The maximum absolute atomic E-state index is 11.4. The lowest BCUT2D eigenvalue weighted by Gasteiger charge is -2.06. The molecule has 0 atom stereocenters. The molecule has 0 radical (unpaired) electrons. The summed E-state index contributed by atoms with van der Waals surface area (Å²) in [7, 11) is 0. The third-order valence-corrected chi connectivity index (χ3v) is 2.35. The van der Waals surface area contributed by atoms with E-state index in [1.165, 1.54) is 0 Å². The first kappa shape index (κ1) is 12.9. The van der Waals surface area contributed by atoms with Crippen LogP contribution >= 0.6 is 0 Å². The Morgan fingerprint density at radius 3 is 2.68 bits per heavy atom. The lowest BCUT2D eigenvalue weighted by Crippen LogP contribution is -2.15. The highest BCUT2D eigenvalue weighted by Gasteiger charge is 2.09. The number of aryl methyl sites for hydroxylation is 1. The first-order valence-corrected chi connectivity index (χ1v) is 5.57. The van der Waals surface area contributed by atoms with Crippen molar-refractivity contribution in [1.82, 2.24) is 10.3 Å². The van der Waals surface area contributed by atoms with Crippen LogP contribution in [0.1, 0.15) is 11.4 Å². The Hall–Kier alpha value is -2.57. The summed E-state index contributed by atoms with van der Waals surface area (Å²) in [5.74, 6) is 0.0460. The van der Waals surface area contributed by atoms with Crippen LogP contribution in [0, 0.1) is 6.92 Å². The molecule has 0 aliphatic rings. The molecule has 7 heteroatoms. The number of ether oxygens (including phenoxy) is 2. The van der Waals surface area contributed by atoms with Crippen molar-refractivity contribution in [3.05, 3.63) is 35.7 Å². The summed E-state index contributed by atoms with van der Waals surface area (Å²) < 4.78 is 14.7. The van der Waals surface area contributed by atoms with Gasteiger partial charge in [0.05, 0.1) is 0 Å². The van der Waals surface area contributed by atoms with Gasteiger partial charge in [-0.05, 0) is 31.2 Å². The van der Waals surface area contributed by atoms with E-state index in [0.717, 1.165) is 0 Å². The van der Waals surface area contributed by atoms with E-state index in [-0.39, 0.29) is 13.2 Å². The zero-order chi connectivity index (χ0) is 13.7. The monoisotopic (exact) mass is 263 g/mol. The van der Waals surface area contributed by atoms with Gasteiger partial charge in [0.1, 0.15) is 23.7 Å². The van der Waals surface area contributed by atoms with Gasteiger partial charge in [-0.25, -0.2) is 9.42 Å². The molecule has 0 unspecified atom stereocenters. The quantitative estimate of drug-likeness (QED) is 0.636. The summed E-state index contributed by atoms with van der Waals surface area (Å²) in [6.07, 6.45) is 0. The average molecular weight is 263 g/mol. The van der Waals surface area contributed by atoms with Gasteiger partial charge in [-0.1, -0.05) is 10.3 Å². The lowest BCUT2D eigenvalue weighted by molar-refractivity contribution is -0.147. The number of nitrogens with two attached hydrogens (primary N) is 1. The third-order valence-electron chi connectivity index (χ3n) is 2.35. The Morgan fingerprint density at radius 2 is 2.05 bits per heavy atom. The SMILES string of the molecule is Cc1nonc1COC(=O)COc1ccc(N)cc1. The maximum atomic E-state index is 11.4. The van der Waals surface area contributed by atoms with Crippen LogP contribution < -0.4 is 10.5 Å². The Labute approximate surface area is 109 Å². The molecule has 0 amide bonds. The van der Waals surface area contributed by atoms with Crippen LogP contribution in [-0.2, 0) is 16.1 Å². The zero-order valence-corrected chi connectivity index (χ0v) is 10.3. The Morgan fingerprint density at radius 1 is 1.32 bits per heavy atom. The molecular weight excluding hydrogens is 250 g/mol. The summed E-state index contributed by atoms with van der Waals surface area (Å²) in [6.45, 7) is 1.54. The fourth-order valence-corrected chi connectivity index (χ4v) is 1.28. The number of rotatable bonds is 5. The Kier molecular flexibility index (Phi) is 3.97. The van der Waals surface area contributed by atoms with E-state index in [1.54, 1.807) is 31.2 Å². The summed E-state index contributed by atoms with van der Waals surface area (Å²) in [4.78, 5) is 11.4. The molecule has 1 aromatic carbocycles. The average Bonchev–Trinajstić information content (AvgIpc) is 2.81. The molecule has 0 aliphatic heterocycles. The van der Waals surface area contributed by atoms with Crippen molar-refractivity contribution in [3.8, 4) is 5.75 Å². The third kappa shape index (κ3) is 3.70. The van der Waals surface area contributed by atoms with Crippen LogP contribution in [0.3, 0.4) is 0 Å². The van der Waals surface area contributed by atoms with E-state index in [1.807, 2.05) is 0 Å². The van der Waals surface area contributed by atoms with Crippen molar-refractivity contribution in [2.75, 3.05) is 12.3 Å². The van der Waals surface area contributed by atoms with E-state index in [0.29, 0.717) is 22.8 Å². The molecule has 2 rings (SSSR count). The van der Waals surface area contributed by atoms with Crippen molar-refractivity contribution < 1.29 is 18.9 Å². The fourth-order valence-electron chi connectivity index (χ4n) is 1.28. The van der Waals surface area contributed by atoms with Gasteiger partial charge in [0.2, 0.25) is 0 Å². The number of carbonyl (C=O) groups is 1. The van der Waals surface area contributed by atoms with Crippen LogP contribution in [0.2, 0.25) is 0 Å². The number of carbonyl (C=O) groups excluding carboxylic acids is 1. The number of benzene rings is 1. The number of nitrogen functional groups attached to an aromatic ring is 1. The summed E-state index contributed by atoms with van der Waals surface area (Å²) >= 11 is 0. The molecule has 1 heterocycles. The lowest BCUT2D eigenvalue weighted by atomic mass is 10.3. The van der Waals surface area contributed by atoms with Gasteiger partial charge in [0.25, 0.3) is 0 Å². The molecule has 19 heavy (non-hydrogen) atoms. The van der Waals surface area contributed by atoms with Gasteiger partial charge in [0, 0.05) is 5.69 Å². The number of anilines is 1. The Bertz CT molecular complexity index is 550. The van der Waals surface area contributed by atoms with Crippen molar-refractivity contribution in [2.45, 2.75) is 13.5 Å². The minimum Gasteiger partial charge on any atom is -0.482 e. The first-order chi connectivity index (χ1) is 9.15. The molecule has 0 fully saturated rings. The molecular formula is C12H13N3O4. The predicted molar refractivity (Wildman–Crippen MR) is 65.2 cm³/mol. The van der Waals surface area contributed by atoms with E-state index < -0.39 is 5.97 Å². The van der Waals surface area contributed by atoms with Gasteiger partial charge in [0.15, 0.2) is 6.61 Å². The topological polar surface area (TPSA) is 100 Å². The minimum absolute atomic E-state index is 0.0132. The maximum Gasteiger partial charge on any atom is 0.344 e. The molecule has 0 bridgehead atoms. The summed E-state index contributed by atoms with van der Waals surface area (Å²) in [6, 6.07) is 6.72. The number of nitrogens with zero attached hydrogens (tertiary/aromatic N) is 2. The fraction of sp³-hybridized carbons (Fsp3) is 0.250. The van der Waals surface area contributed by atoms with Gasteiger partial charge >= 0.3 is 5.97 Å². The highest BCUT2D eigenvalue weighted by Crippen LogP contribution is 2.13. The van der Waals surface area contributed by atoms with Crippen LogP contribution in [0.15, 0.2) is 28.9 Å². The number of aromatic nitrogens is 2. The largest absolute Gasteiger partial charge is 0.482 e. The van der Waals surface area contributed by atoms with Crippen LogP contribution in [0.5, 0.6) is 5.75 Å². The van der Waals surface area contributed by atoms with E-state index in [2.05, 4.69) is 14.9 Å². The summed E-state index contributed by atoms with van der Waals surface area (Å²) in [5, 5.41) is 7.17. The highest BCUT2D eigenvalue weighted by molar-refractivity contribution is 5.71. The van der Waals surface area contributed by atoms with Crippen molar-refractivity contribution >= 4 is 11.7 Å². The van der Waals surface area contributed by atoms with Gasteiger partial charge in [-0.3, -0.25) is 0 Å². The zero-order valence-electron chi connectivity index (χ0n) is 10.3. The Balaban J connectivity index is 1.76. The van der Waals surface area contributed by atoms with E-state index in [4.69, 9.17) is 15.2 Å². The predicted octanol–water partition coefficient (Wildman–Crippen LogP) is 1.08. The molecule has 100 valence electrons. The molecule has 2 N–H and O–H groups in total. The number of esters is 1. The molecule has 0 spiro atoms. The molecule has 0 aliphatic carbocycles. The van der Waals surface area contributed by atoms with Gasteiger partial charge in [-0.2, -0.15) is 0 Å². The second kappa shape index (κ2) is 5.85. The molecule has 0 saturated carbocycles. The second-order valence-corrected chi connectivity index (χ2v) is 3.81. The molecule has 7 nitrogen and oxygen atoms in total.